The van der Waals surface area contributed by atoms with Crippen molar-refractivity contribution >= 4 is 34.7 Å². The Morgan fingerprint density at radius 1 is 1.18 bits per heavy atom. The number of esters is 1. The van der Waals surface area contributed by atoms with Crippen molar-refractivity contribution in [2.45, 2.75) is 13.5 Å². The van der Waals surface area contributed by atoms with Gasteiger partial charge in [-0.2, -0.15) is 0 Å². The molecule has 0 atom stereocenters. The second-order valence-electron chi connectivity index (χ2n) is 6.59. The Kier molecular flexibility index (Phi) is 6.84. The zero-order valence-electron chi connectivity index (χ0n) is 16.2. The summed E-state index contributed by atoms with van der Waals surface area (Å²) in [5.74, 6) is -0.373. The monoisotopic (exact) mass is 399 g/mol. The molecule has 2 aromatic rings. The van der Waals surface area contributed by atoms with Crippen molar-refractivity contribution in [3.63, 3.8) is 0 Å². The fraction of sp³-hybridized carbons (Fsp3) is 0.333. The number of ether oxygens (including phenoxy) is 2. The smallest absolute Gasteiger partial charge is 0.337 e. The molecule has 0 saturated carbocycles. The minimum atomic E-state index is -0.373. The molecule has 28 heavy (non-hydrogen) atoms. The zero-order chi connectivity index (χ0) is 19.9. The van der Waals surface area contributed by atoms with Gasteiger partial charge in [0.1, 0.15) is 0 Å². The molecule has 1 aliphatic rings. The van der Waals surface area contributed by atoms with E-state index in [9.17, 15) is 4.79 Å². The molecule has 1 aliphatic heterocycles. The Hall–Kier alpha value is -2.64. The summed E-state index contributed by atoms with van der Waals surface area (Å²) in [4.78, 5) is 14.0. The van der Waals surface area contributed by atoms with Crippen LogP contribution in [0.4, 0.5) is 11.4 Å². The number of hydrogen-bond donors (Lipinski definition) is 2. The second-order valence-corrected chi connectivity index (χ2v) is 7.00. The molecule has 0 spiro atoms. The molecule has 1 heterocycles. The first-order valence-corrected chi connectivity index (χ1v) is 9.63. The number of benzene rings is 2. The van der Waals surface area contributed by atoms with Crippen LogP contribution < -0.4 is 15.5 Å². The van der Waals surface area contributed by atoms with Gasteiger partial charge in [0.15, 0.2) is 5.11 Å². The summed E-state index contributed by atoms with van der Waals surface area (Å²) in [6.07, 6.45) is 0. The summed E-state index contributed by atoms with van der Waals surface area (Å²) in [7, 11) is 1.37. The van der Waals surface area contributed by atoms with Crippen LogP contribution in [0.2, 0.25) is 0 Å². The summed E-state index contributed by atoms with van der Waals surface area (Å²) >= 11 is 5.40. The molecule has 0 radical (unpaired) electrons. The van der Waals surface area contributed by atoms with Gasteiger partial charge in [0.25, 0.3) is 0 Å². The number of methoxy groups -OCH3 is 1. The highest BCUT2D eigenvalue weighted by Crippen LogP contribution is 2.18. The van der Waals surface area contributed by atoms with E-state index in [4.69, 9.17) is 21.7 Å². The molecule has 0 amide bonds. The molecular weight excluding hydrogens is 374 g/mol. The zero-order valence-corrected chi connectivity index (χ0v) is 17.0. The maximum absolute atomic E-state index is 11.7. The number of aryl methyl sites for hydroxylation is 1. The van der Waals surface area contributed by atoms with Gasteiger partial charge < -0.3 is 25.0 Å². The van der Waals surface area contributed by atoms with Crippen LogP contribution in [0.3, 0.4) is 0 Å². The number of anilines is 2. The van der Waals surface area contributed by atoms with Crippen molar-refractivity contribution in [2.24, 2.45) is 0 Å². The molecule has 6 nitrogen and oxygen atoms in total. The highest BCUT2D eigenvalue weighted by Gasteiger charge is 2.11. The molecule has 2 N–H and O–H groups in total. The largest absolute Gasteiger partial charge is 0.465 e. The van der Waals surface area contributed by atoms with Gasteiger partial charge in [-0.15, -0.1) is 0 Å². The summed E-state index contributed by atoms with van der Waals surface area (Å²) < 4.78 is 10.2. The highest BCUT2D eigenvalue weighted by atomic mass is 32.1. The number of nitrogens with zero attached hydrogens (tertiary/aromatic N) is 1. The van der Waals surface area contributed by atoms with Crippen LogP contribution in [-0.2, 0) is 16.0 Å². The lowest BCUT2D eigenvalue weighted by atomic mass is 10.1. The maximum Gasteiger partial charge on any atom is 0.337 e. The summed E-state index contributed by atoms with van der Waals surface area (Å²) in [5.41, 5.74) is 4.61. The van der Waals surface area contributed by atoms with Gasteiger partial charge in [-0.25, -0.2) is 4.79 Å². The van der Waals surface area contributed by atoms with E-state index in [0.717, 1.165) is 43.1 Å². The van der Waals surface area contributed by atoms with Crippen LogP contribution in [0.25, 0.3) is 0 Å². The predicted octanol–water partition coefficient (Wildman–Crippen LogP) is 3.10. The lowest BCUT2D eigenvalue weighted by molar-refractivity contribution is 0.0601. The van der Waals surface area contributed by atoms with Crippen LogP contribution >= 0.6 is 12.2 Å². The van der Waals surface area contributed by atoms with E-state index in [1.807, 2.05) is 13.0 Å². The van der Waals surface area contributed by atoms with Gasteiger partial charge in [0.2, 0.25) is 0 Å². The van der Waals surface area contributed by atoms with Gasteiger partial charge in [-0.3, -0.25) is 0 Å². The first-order chi connectivity index (χ1) is 13.6. The molecule has 148 valence electrons. The van der Waals surface area contributed by atoms with Gasteiger partial charge in [0.05, 0.1) is 25.9 Å². The number of thiocarbonyl (C=S) groups is 1. The van der Waals surface area contributed by atoms with Gasteiger partial charge in [-0.1, -0.05) is 18.2 Å². The predicted molar refractivity (Wildman–Crippen MR) is 115 cm³/mol. The SMILES string of the molecule is COC(=O)c1ccc(C)c(NC(=S)NCc2ccc(N3CCOCC3)cc2)c1. The summed E-state index contributed by atoms with van der Waals surface area (Å²) in [6, 6.07) is 13.8. The fourth-order valence-corrected chi connectivity index (χ4v) is 3.18. The van der Waals surface area contributed by atoms with Crippen molar-refractivity contribution < 1.29 is 14.3 Å². The number of carbonyl (C=O) groups is 1. The number of nitrogens with one attached hydrogen (secondary N) is 2. The quantitative estimate of drug-likeness (QED) is 0.592. The van der Waals surface area contributed by atoms with E-state index in [-0.39, 0.29) is 5.97 Å². The third kappa shape index (κ3) is 5.21. The number of morpholine rings is 1. The van der Waals surface area contributed by atoms with Crippen LogP contribution in [0.5, 0.6) is 0 Å². The Balaban J connectivity index is 1.55. The Morgan fingerprint density at radius 3 is 2.57 bits per heavy atom. The van der Waals surface area contributed by atoms with E-state index in [1.165, 1.54) is 12.8 Å². The number of rotatable bonds is 5. The van der Waals surface area contributed by atoms with E-state index in [0.29, 0.717) is 17.2 Å². The molecule has 2 aromatic carbocycles. The van der Waals surface area contributed by atoms with E-state index in [2.05, 4.69) is 39.8 Å². The van der Waals surface area contributed by atoms with Crippen LogP contribution in [-0.4, -0.2) is 44.5 Å². The molecule has 0 bridgehead atoms. The van der Waals surface area contributed by atoms with Gasteiger partial charge in [-0.05, 0) is 54.5 Å². The van der Waals surface area contributed by atoms with Crippen LogP contribution in [0.1, 0.15) is 21.5 Å². The Bertz CT molecular complexity index is 833. The van der Waals surface area contributed by atoms with Crippen molar-refractivity contribution in [2.75, 3.05) is 43.6 Å². The minimum Gasteiger partial charge on any atom is -0.465 e. The third-order valence-corrected chi connectivity index (χ3v) is 4.92. The van der Waals surface area contributed by atoms with Gasteiger partial charge in [0, 0.05) is 31.0 Å². The molecule has 0 aliphatic carbocycles. The third-order valence-electron chi connectivity index (χ3n) is 4.67. The number of hydrogen-bond acceptors (Lipinski definition) is 5. The molecular formula is C21H25N3O3S. The molecule has 1 fully saturated rings. The summed E-state index contributed by atoms with van der Waals surface area (Å²) in [5, 5.41) is 6.86. The average molecular weight is 400 g/mol. The van der Waals surface area contributed by atoms with Gasteiger partial charge >= 0.3 is 5.97 Å². The van der Waals surface area contributed by atoms with E-state index in [1.54, 1.807) is 12.1 Å². The van der Waals surface area contributed by atoms with Crippen molar-refractivity contribution in [1.82, 2.24) is 5.32 Å². The topological polar surface area (TPSA) is 62.8 Å². The average Bonchev–Trinajstić information content (AvgIpc) is 2.74. The Labute approximate surface area is 170 Å². The minimum absolute atomic E-state index is 0.373. The first-order valence-electron chi connectivity index (χ1n) is 9.22. The summed E-state index contributed by atoms with van der Waals surface area (Å²) in [6.45, 7) is 5.98. The Morgan fingerprint density at radius 2 is 1.89 bits per heavy atom. The lowest BCUT2D eigenvalue weighted by Gasteiger charge is -2.28. The molecule has 1 saturated heterocycles. The van der Waals surface area contributed by atoms with Crippen molar-refractivity contribution in [1.29, 1.82) is 0 Å². The molecule has 7 heteroatoms. The van der Waals surface area contributed by atoms with E-state index >= 15 is 0 Å². The van der Waals surface area contributed by atoms with Crippen molar-refractivity contribution in [3.05, 3.63) is 59.2 Å². The fourth-order valence-electron chi connectivity index (χ4n) is 3.00. The lowest BCUT2D eigenvalue weighted by Crippen LogP contribution is -2.36. The standard InChI is InChI=1S/C21H25N3O3S/c1-15-3-6-17(20(25)26-2)13-19(15)23-21(28)22-14-16-4-7-18(8-5-16)24-9-11-27-12-10-24/h3-8,13H,9-12,14H2,1-2H3,(H2,22,23,28). The second kappa shape index (κ2) is 9.52. The highest BCUT2D eigenvalue weighted by molar-refractivity contribution is 7.80. The molecule has 0 unspecified atom stereocenters. The maximum atomic E-state index is 11.7. The first kappa shape index (κ1) is 20.1. The van der Waals surface area contributed by atoms with E-state index < -0.39 is 0 Å². The van der Waals surface area contributed by atoms with Crippen LogP contribution in [0, 0.1) is 6.92 Å². The normalized spacial score (nSPS) is 13.7. The van der Waals surface area contributed by atoms with Crippen LogP contribution in [0.15, 0.2) is 42.5 Å². The van der Waals surface area contributed by atoms with Crippen molar-refractivity contribution in [3.8, 4) is 0 Å². The molecule has 0 aromatic heterocycles. The number of carbonyl (C=O) groups excluding carboxylic acids is 1. The molecule has 3 rings (SSSR count).